The molecule has 1 atom stereocenters. The van der Waals surface area contributed by atoms with Crippen molar-refractivity contribution in [3.63, 3.8) is 0 Å². The first-order chi connectivity index (χ1) is 5.27. The van der Waals surface area contributed by atoms with Crippen LogP contribution in [0, 0.1) is 0 Å². The fourth-order valence-electron chi connectivity index (χ4n) is 1.43. The number of hydrogen-bond donors (Lipinski definition) is 0. The Labute approximate surface area is 82.2 Å². The molecule has 64 valence electrons. The molecule has 1 aliphatic rings. The highest BCUT2D eigenvalue weighted by Crippen LogP contribution is 2.19. The minimum atomic E-state index is 0.800. The molecule has 0 saturated carbocycles. The molecule has 1 unspecified atom stereocenters. The minimum Gasteiger partial charge on any atom is -0.361 e. The summed E-state index contributed by atoms with van der Waals surface area (Å²) < 4.78 is 0.800. The second kappa shape index (κ2) is 4.28. The molecule has 1 fully saturated rings. The summed E-state index contributed by atoms with van der Waals surface area (Å²) >= 11 is 2.51. The van der Waals surface area contributed by atoms with Gasteiger partial charge in [0.1, 0.15) is 0 Å². The minimum absolute atomic E-state index is 0.800. The lowest BCUT2D eigenvalue weighted by atomic mass is 10.1. The normalized spacial score (nSPS) is 29.5. The predicted octanol–water partition coefficient (Wildman–Crippen LogP) is 1.93. The van der Waals surface area contributed by atoms with Crippen molar-refractivity contribution in [2.75, 3.05) is 20.1 Å². The number of hydrogen-bond acceptors (Lipinski definition) is 1. The third-order valence-corrected chi connectivity index (χ3v) is 3.18. The average molecular weight is 266 g/mol. The van der Waals surface area contributed by atoms with E-state index in [4.69, 9.17) is 0 Å². The van der Waals surface area contributed by atoms with E-state index < -0.39 is 0 Å². The highest BCUT2D eigenvalue weighted by Gasteiger charge is 2.19. The summed E-state index contributed by atoms with van der Waals surface area (Å²) in [5.74, 6) is 1.29. The van der Waals surface area contributed by atoms with E-state index >= 15 is 0 Å². The van der Waals surface area contributed by atoms with E-state index in [1.165, 1.54) is 18.8 Å². The molecule has 0 N–H and O–H groups in total. The lowest BCUT2D eigenvalue weighted by molar-refractivity contribution is 0.395. The fraction of sp³-hybridized carbons (Fsp3) is 0.875. The molecular formula is C8H15IN2. The van der Waals surface area contributed by atoms with Crippen LogP contribution < -0.4 is 0 Å². The van der Waals surface area contributed by atoms with Crippen molar-refractivity contribution in [3.05, 3.63) is 0 Å². The Morgan fingerprint density at radius 2 is 2.45 bits per heavy atom. The molecule has 0 amide bonds. The lowest BCUT2D eigenvalue weighted by Crippen LogP contribution is -2.38. The van der Waals surface area contributed by atoms with Gasteiger partial charge in [0.15, 0.2) is 0 Å². The van der Waals surface area contributed by atoms with Gasteiger partial charge in [-0.05, 0) is 13.3 Å². The first-order valence-corrected chi connectivity index (χ1v) is 5.37. The van der Waals surface area contributed by atoms with Crippen LogP contribution in [-0.2, 0) is 0 Å². The Morgan fingerprint density at radius 1 is 1.73 bits per heavy atom. The molecule has 0 aliphatic carbocycles. The van der Waals surface area contributed by atoms with Crippen molar-refractivity contribution in [2.24, 2.45) is 4.99 Å². The van der Waals surface area contributed by atoms with Crippen molar-refractivity contribution >= 4 is 28.4 Å². The number of likely N-dealkylation sites (tertiary alicyclic amines) is 1. The van der Waals surface area contributed by atoms with Gasteiger partial charge in [-0.2, -0.15) is 0 Å². The lowest BCUT2D eigenvalue weighted by Gasteiger charge is -2.31. The molecule has 0 aromatic heterocycles. The monoisotopic (exact) mass is 266 g/mol. The Balaban J connectivity index is 2.56. The molecule has 0 aromatic carbocycles. The van der Waals surface area contributed by atoms with E-state index in [0.717, 1.165) is 16.9 Å². The maximum absolute atomic E-state index is 4.29. The highest BCUT2D eigenvalue weighted by atomic mass is 127. The molecule has 1 saturated heterocycles. The van der Waals surface area contributed by atoms with Crippen LogP contribution in [0.5, 0.6) is 0 Å². The molecule has 0 radical (unpaired) electrons. The summed E-state index contributed by atoms with van der Waals surface area (Å²) in [6.45, 7) is 4.49. The summed E-state index contributed by atoms with van der Waals surface area (Å²) in [6, 6.07) is 0. The molecular weight excluding hydrogens is 251 g/mol. The van der Waals surface area contributed by atoms with Crippen molar-refractivity contribution < 1.29 is 0 Å². The third-order valence-electron chi connectivity index (χ3n) is 2.12. The van der Waals surface area contributed by atoms with Gasteiger partial charge in [0.25, 0.3) is 0 Å². The molecule has 1 heterocycles. The van der Waals surface area contributed by atoms with E-state index in [0.29, 0.717) is 0 Å². The maximum atomic E-state index is 4.29. The fourth-order valence-corrected chi connectivity index (χ4v) is 2.10. The Morgan fingerprint density at radius 3 is 3.00 bits per heavy atom. The predicted molar refractivity (Wildman–Crippen MR) is 57.6 cm³/mol. The zero-order chi connectivity index (χ0) is 8.27. The summed E-state index contributed by atoms with van der Waals surface area (Å²) in [5, 5.41) is 0. The van der Waals surface area contributed by atoms with Gasteiger partial charge < -0.3 is 4.90 Å². The number of alkyl halides is 1. The quantitative estimate of drug-likeness (QED) is 0.523. The maximum Gasteiger partial charge on any atom is 0.0995 e. The van der Waals surface area contributed by atoms with Gasteiger partial charge in [0.2, 0.25) is 0 Å². The van der Waals surface area contributed by atoms with Gasteiger partial charge in [0, 0.05) is 30.5 Å². The van der Waals surface area contributed by atoms with Crippen LogP contribution in [0.15, 0.2) is 4.99 Å². The molecule has 0 bridgehead atoms. The summed E-state index contributed by atoms with van der Waals surface area (Å²) in [6.07, 6.45) is 2.47. The molecule has 1 aliphatic heterocycles. The number of piperidine rings is 1. The standard InChI is InChI=1S/C8H15IN2/c1-3-11-5-4-7(9)6-8(11)10-2/h7H,3-6H2,1-2H3. The van der Waals surface area contributed by atoms with Gasteiger partial charge >= 0.3 is 0 Å². The zero-order valence-corrected chi connectivity index (χ0v) is 9.34. The van der Waals surface area contributed by atoms with E-state index in [-0.39, 0.29) is 0 Å². The second-order valence-corrected chi connectivity index (χ2v) is 4.57. The molecule has 0 spiro atoms. The van der Waals surface area contributed by atoms with Crippen molar-refractivity contribution in [1.29, 1.82) is 0 Å². The molecule has 0 aromatic rings. The molecule has 1 rings (SSSR count). The van der Waals surface area contributed by atoms with Crippen LogP contribution in [0.1, 0.15) is 19.8 Å². The molecule has 11 heavy (non-hydrogen) atoms. The second-order valence-electron chi connectivity index (χ2n) is 2.81. The molecule has 2 nitrogen and oxygen atoms in total. The zero-order valence-electron chi connectivity index (χ0n) is 7.18. The first kappa shape index (κ1) is 9.29. The van der Waals surface area contributed by atoms with Crippen LogP contribution in [0.25, 0.3) is 0 Å². The van der Waals surface area contributed by atoms with E-state index in [9.17, 15) is 0 Å². The first-order valence-electron chi connectivity index (χ1n) is 4.12. The number of aliphatic imine (C=N–C) groups is 1. The van der Waals surface area contributed by atoms with E-state index in [1.54, 1.807) is 0 Å². The van der Waals surface area contributed by atoms with E-state index in [2.05, 4.69) is 39.4 Å². The number of rotatable bonds is 1. The van der Waals surface area contributed by atoms with Gasteiger partial charge in [-0.1, -0.05) is 22.6 Å². The largest absolute Gasteiger partial charge is 0.361 e. The average Bonchev–Trinajstić information content (AvgIpc) is 2.04. The smallest absolute Gasteiger partial charge is 0.0995 e. The van der Waals surface area contributed by atoms with Crippen LogP contribution in [0.3, 0.4) is 0 Å². The van der Waals surface area contributed by atoms with Gasteiger partial charge in [-0.15, -0.1) is 0 Å². The SMILES string of the molecule is CCN1CCC(I)CC1=NC. The summed E-state index contributed by atoms with van der Waals surface area (Å²) in [7, 11) is 1.90. The van der Waals surface area contributed by atoms with E-state index in [1.807, 2.05) is 7.05 Å². The highest BCUT2D eigenvalue weighted by molar-refractivity contribution is 14.1. The topological polar surface area (TPSA) is 15.6 Å². The summed E-state index contributed by atoms with van der Waals surface area (Å²) in [4.78, 5) is 6.66. The van der Waals surface area contributed by atoms with Crippen molar-refractivity contribution in [1.82, 2.24) is 4.90 Å². The number of nitrogens with zero attached hydrogens (tertiary/aromatic N) is 2. The van der Waals surface area contributed by atoms with Crippen LogP contribution >= 0.6 is 22.6 Å². The summed E-state index contributed by atoms with van der Waals surface area (Å²) in [5.41, 5.74) is 0. The number of amidine groups is 1. The third kappa shape index (κ3) is 2.32. The molecule has 3 heteroatoms. The van der Waals surface area contributed by atoms with Crippen LogP contribution in [0.4, 0.5) is 0 Å². The Bertz CT molecular complexity index is 156. The Kier molecular flexibility index (Phi) is 3.62. The van der Waals surface area contributed by atoms with Gasteiger partial charge in [-0.25, -0.2) is 0 Å². The number of halogens is 1. The van der Waals surface area contributed by atoms with Crippen LogP contribution in [-0.4, -0.2) is 34.8 Å². The van der Waals surface area contributed by atoms with Crippen molar-refractivity contribution in [3.8, 4) is 0 Å². The van der Waals surface area contributed by atoms with Crippen LogP contribution in [0.2, 0.25) is 0 Å². The Hall–Kier alpha value is 0.200. The van der Waals surface area contributed by atoms with Gasteiger partial charge in [0.05, 0.1) is 5.84 Å². The van der Waals surface area contributed by atoms with Gasteiger partial charge in [-0.3, -0.25) is 4.99 Å². The van der Waals surface area contributed by atoms with Crippen molar-refractivity contribution in [2.45, 2.75) is 23.7 Å².